The molecule has 1 saturated heterocycles. The number of nitro benzene ring substituents is 1. The van der Waals surface area contributed by atoms with E-state index in [0.717, 1.165) is 11.0 Å². The van der Waals surface area contributed by atoms with Gasteiger partial charge < -0.3 is 23.9 Å². The molecule has 0 spiro atoms. The van der Waals surface area contributed by atoms with Gasteiger partial charge in [0.1, 0.15) is 17.2 Å². The van der Waals surface area contributed by atoms with Gasteiger partial charge in [0.2, 0.25) is 5.76 Å². The summed E-state index contributed by atoms with van der Waals surface area (Å²) in [4.78, 5) is 60.2. The molecular formula is C22H21N3O10. The van der Waals surface area contributed by atoms with Crippen LogP contribution < -0.4 is 10.1 Å². The number of nitro groups is 1. The van der Waals surface area contributed by atoms with Crippen LogP contribution in [0.25, 0.3) is 6.08 Å². The first-order valence-electron chi connectivity index (χ1n) is 10.3. The van der Waals surface area contributed by atoms with Crippen LogP contribution in [-0.2, 0) is 25.6 Å². The number of ether oxygens (including phenoxy) is 3. The van der Waals surface area contributed by atoms with Gasteiger partial charge in [-0.3, -0.25) is 19.8 Å². The van der Waals surface area contributed by atoms with E-state index in [0.29, 0.717) is 0 Å². The number of esters is 2. The Bertz CT molecular complexity index is 1220. The van der Waals surface area contributed by atoms with Gasteiger partial charge in [-0.15, -0.1) is 0 Å². The fourth-order valence-corrected chi connectivity index (χ4v) is 3.07. The van der Waals surface area contributed by atoms with E-state index in [9.17, 15) is 29.3 Å². The molecule has 1 aromatic carbocycles. The van der Waals surface area contributed by atoms with Crippen LogP contribution in [0.3, 0.4) is 0 Å². The van der Waals surface area contributed by atoms with E-state index in [1.807, 2.05) is 0 Å². The van der Waals surface area contributed by atoms with E-state index < -0.39 is 34.9 Å². The third-order valence-corrected chi connectivity index (χ3v) is 4.75. The van der Waals surface area contributed by atoms with Crippen LogP contribution in [0.5, 0.6) is 5.75 Å². The van der Waals surface area contributed by atoms with Gasteiger partial charge in [-0.05, 0) is 38.1 Å². The number of carbonyl (C=O) groups is 4. The second kappa shape index (κ2) is 10.5. The minimum absolute atomic E-state index is 0.0536. The van der Waals surface area contributed by atoms with Gasteiger partial charge in [-0.2, -0.15) is 0 Å². The van der Waals surface area contributed by atoms with Crippen molar-refractivity contribution in [3.8, 4) is 5.75 Å². The Morgan fingerprint density at radius 3 is 2.66 bits per heavy atom. The third-order valence-electron chi connectivity index (χ3n) is 4.75. The summed E-state index contributed by atoms with van der Waals surface area (Å²) in [6.45, 7) is 2.92. The summed E-state index contributed by atoms with van der Waals surface area (Å²) in [6.07, 6.45) is 0.157. The molecule has 0 aliphatic carbocycles. The maximum atomic E-state index is 12.9. The number of nitrogens with one attached hydrogen (secondary N) is 1. The molecule has 0 saturated carbocycles. The van der Waals surface area contributed by atoms with Crippen molar-refractivity contribution in [3.63, 3.8) is 0 Å². The molecule has 3 rings (SSSR count). The van der Waals surface area contributed by atoms with Crippen molar-refractivity contribution >= 4 is 35.6 Å². The summed E-state index contributed by atoms with van der Waals surface area (Å²) in [5.41, 5.74) is -0.414. The predicted octanol–water partition coefficient (Wildman–Crippen LogP) is 2.40. The number of amides is 3. The Labute approximate surface area is 198 Å². The number of hydrogen-bond donors (Lipinski definition) is 1. The van der Waals surface area contributed by atoms with E-state index in [-0.39, 0.29) is 47.4 Å². The van der Waals surface area contributed by atoms with Gasteiger partial charge in [-0.25, -0.2) is 14.4 Å². The molecule has 13 nitrogen and oxygen atoms in total. The maximum Gasteiger partial charge on any atom is 0.373 e. The zero-order chi connectivity index (χ0) is 25.7. The zero-order valence-corrected chi connectivity index (χ0v) is 18.9. The van der Waals surface area contributed by atoms with Crippen molar-refractivity contribution in [1.82, 2.24) is 10.2 Å². The Hall–Kier alpha value is -4.68. The molecule has 35 heavy (non-hydrogen) atoms. The highest BCUT2D eigenvalue weighted by molar-refractivity contribution is 6.14. The molecule has 3 amide bonds. The Morgan fingerprint density at radius 2 is 2.00 bits per heavy atom. The summed E-state index contributed by atoms with van der Waals surface area (Å²) in [5, 5.41) is 13.6. The second-order valence-electron chi connectivity index (χ2n) is 7.13. The lowest BCUT2D eigenvalue weighted by Gasteiger charge is -2.15. The van der Waals surface area contributed by atoms with Gasteiger partial charge in [0.15, 0.2) is 6.10 Å². The number of imide groups is 1. The number of hydrogen-bond acceptors (Lipinski definition) is 10. The highest BCUT2D eigenvalue weighted by Gasteiger charge is 2.35. The van der Waals surface area contributed by atoms with Gasteiger partial charge in [0.05, 0.1) is 25.2 Å². The molecule has 1 atom stereocenters. The smallest absolute Gasteiger partial charge is 0.373 e. The largest absolute Gasteiger partial charge is 0.478 e. The number of benzene rings is 1. The van der Waals surface area contributed by atoms with Crippen LogP contribution >= 0.6 is 0 Å². The van der Waals surface area contributed by atoms with E-state index in [1.165, 1.54) is 44.4 Å². The van der Waals surface area contributed by atoms with Crippen LogP contribution in [-0.4, -0.2) is 53.5 Å². The standard InChI is InChI=1S/C22H21N3O10/c1-4-33-20(27)12(2)34-17-7-5-14(25(30)31)9-13(17)10-16-19(26)24(22(29)23-16)11-15-6-8-18(35-15)21(28)32-3/h5-10,12H,4,11H2,1-3H3,(H,23,29)/b16-10-/t12-/m0/s1. The average Bonchev–Trinajstić information content (AvgIpc) is 3.40. The van der Waals surface area contributed by atoms with Crippen molar-refractivity contribution in [2.45, 2.75) is 26.5 Å². The van der Waals surface area contributed by atoms with Crippen molar-refractivity contribution in [1.29, 1.82) is 0 Å². The minimum Gasteiger partial charge on any atom is -0.478 e. The van der Waals surface area contributed by atoms with Gasteiger partial charge in [0.25, 0.3) is 11.6 Å². The van der Waals surface area contributed by atoms with Crippen molar-refractivity contribution in [3.05, 3.63) is 63.2 Å². The first kappa shape index (κ1) is 25.0. The average molecular weight is 487 g/mol. The number of nitrogens with zero attached hydrogens (tertiary/aromatic N) is 2. The van der Waals surface area contributed by atoms with Crippen LogP contribution in [0.2, 0.25) is 0 Å². The summed E-state index contributed by atoms with van der Waals surface area (Å²) < 4.78 is 20.3. The fraction of sp³-hybridized carbons (Fsp3) is 0.273. The molecule has 2 heterocycles. The lowest BCUT2D eigenvalue weighted by Crippen LogP contribution is -2.30. The normalized spacial score (nSPS) is 15.1. The molecule has 1 aromatic heterocycles. The van der Waals surface area contributed by atoms with E-state index in [2.05, 4.69) is 10.1 Å². The molecule has 184 valence electrons. The zero-order valence-electron chi connectivity index (χ0n) is 18.9. The topological polar surface area (TPSA) is 168 Å². The highest BCUT2D eigenvalue weighted by atomic mass is 16.6. The van der Waals surface area contributed by atoms with Crippen molar-refractivity contribution in [2.24, 2.45) is 0 Å². The third kappa shape index (κ3) is 5.63. The van der Waals surface area contributed by atoms with Gasteiger partial charge in [-0.1, -0.05) is 0 Å². The van der Waals surface area contributed by atoms with Gasteiger partial charge >= 0.3 is 18.0 Å². The quantitative estimate of drug-likeness (QED) is 0.182. The SMILES string of the molecule is CCOC(=O)[C@H](C)Oc1ccc([N+](=O)[O-])cc1/C=C1\NC(=O)N(Cc2ccc(C(=O)OC)o2)C1=O. The molecule has 1 aliphatic heterocycles. The number of rotatable bonds is 9. The molecule has 0 bridgehead atoms. The lowest BCUT2D eigenvalue weighted by molar-refractivity contribution is -0.384. The molecule has 1 fully saturated rings. The minimum atomic E-state index is -1.04. The molecule has 1 aliphatic rings. The van der Waals surface area contributed by atoms with Crippen LogP contribution in [0.1, 0.15) is 35.7 Å². The van der Waals surface area contributed by atoms with E-state index >= 15 is 0 Å². The van der Waals surface area contributed by atoms with Crippen LogP contribution in [0, 0.1) is 10.1 Å². The molecule has 13 heteroatoms. The van der Waals surface area contributed by atoms with Gasteiger partial charge in [0, 0.05) is 17.7 Å². The molecule has 0 unspecified atom stereocenters. The van der Waals surface area contributed by atoms with Crippen LogP contribution in [0.4, 0.5) is 10.5 Å². The number of urea groups is 1. The molecular weight excluding hydrogens is 466 g/mol. The number of furan rings is 1. The Morgan fingerprint density at radius 1 is 1.26 bits per heavy atom. The number of non-ortho nitro benzene ring substituents is 1. The summed E-state index contributed by atoms with van der Waals surface area (Å²) in [5.74, 6) is -2.01. The molecule has 2 aromatic rings. The molecule has 1 N–H and O–H groups in total. The maximum absolute atomic E-state index is 12.9. The van der Waals surface area contributed by atoms with E-state index in [1.54, 1.807) is 6.92 Å². The van der Waals surface area contributed by atoms with Crippen molar-refractivity contribution in [2.75, 3.05) is 13.7 Å². The fourth-order valence-electron chi connectivity index (χ4n) is 3.07. The van der Waals surface area contributed by atoms with Crippen LogP contribution in [0.15, 0.2) is 40.4 Å². The number of carbonyl (C=O) groups excluding carboxylic acids is 4. The second-order valence-corrected chi connectivity index (χ2v) is 7.13. The van der Waals surface area contributed by atoms with E-state index in [4.69, 9.17) is 13.9 Å². The predicted molar refractivity (Wildman–Crippen MR) is 117 cm³/mol. The first-order valence-corrected chi connectivity index (χ1v) is 10.3. The summed E-state index contributed by atoms with van der Waals surface area (Å²) >= 11 is 0. The monoisotopic (exact) mass is 487 g/mol. The Balaban J connectivity index is 1.87. The number of methoxy groups -OCH3 is 1. The highest BCUT2D eigenvalue weighted by Crippen LogP contribution is 2.29. The Kier molecular flexibility index (Phi) is 7.49. The summed E-state index contributed by atoms with van der Waals surface area (Å²) in [6, 6.07) is 5.57. The first-order chi connectivity index (χ1) is 16.6. The summed E-state index contributed by atoms with van der Waals surface area (Å²) in [7, 11) is 1.18. The molecule has 0 radical (unpaired) electrons. The van der Waals surface area contributed by atoms with Crippen molar-refractivity contribution < 1.29 is 42.7 Å². The lowest BCUT2D eigenvalue weighted by atomic mass is 10.1.